The van der Waals surface area contributed by atoms with Gasteiger partial charge in [0.25, 0.3) is 0 Å². The second-order valence-electron chi connectivity index (χ2n) is 6.49. The van der Waals surface area contributed by atoms with E-state index in [1.54, 1.807) is 0 Å². The van der Waals surface area contributed by atoms with Crippen molar-refractivity contribution in [3.63, 3.8) is 0 Å². The maximum atomic E-state index is 10.4. The first-order chi connectivity index (χ1) is 12.7. The number of aliphatic hydroxyl groups excluding tert-OH is 2. The van der Waals surface area contributed by atoms with Crippen molar-refractivity contribution < 1.29 is 29.2 Å². The fraction of sp³-hybridized carbons (Fsp3) is 0.400. The van der Waals surface area contributed by atoms with Gasteiger partial charge in [-0.15, -0.1) is 0 Å². The summed E-state index contributed by atoms with van der Waals surface area (Å²) in [4.78, 5) is 0. The van der Waals surface area contributed by atoms with E-state index in [1.807, 2.05) is 60.7 Å². The first-order valence-corrected chi connectivity index (χ1v) is 8.72. The molecule has 6 heteroatoms. The van der Waals surface area contributed by atoms with Gasteiger partial charge in [-0.05, 0) is 0 Å². The van der Waals surface area contributed by atoms with Crippen LogP contribution >= 0.6 is 0 Å². The Bertz CT molecular complexity index is 632. The van der Waals surface area contributed by atoms with Gasteiger partial charge in [0.15, 0.2) is 12.6 Å². The molecule has 2 saturated heterocycles. The summed E-state index contributed by atoms with van der Waals surface area (Å²) in [5.41, 5.74) is 1.70. The summed E-state index contributed by atoms with van der Waals surface area (Å²) in [6, 6.07) is 19.0. The van der Waals surface area contributed by atoms with Crippen LogP contribution in [0.5, 0.6) is 0 Å². The van der Waals surface area contributed by atoms with Crippen LogP contribution in [-0.2, 0) is 18.9 Å². The first kappa shape index (κ1) is 17.6. The second-order valence-corrected chi connectivity index (χ2v) is 6.49. The minimum atomic E-state index is -0.899. The van der Waals surface area contributed by atoms with E-state index in [2.05, 4.69) is 0 Å². The van der Waals surface area contributed by atoms with Crippen molar-refractivity contribution in [3.8, 4) is 0 Å². The molecule has 2 heterocycles. The Labute approximate surface area is 151 Å². The Hall–Kier alpha value is -1.80. The van der Waals surface area contributed by atoms with E-state index < -0.39 is 37.0 Å². The van der Waals surface area contributed by atoms with Crippen LogP contribution in [0.15, 0.2) is 60.7 Å². The molecule has 6 atom stereocenters. The van der Waals surface area contributed by atoms with Gasteiger partial charge in [0.2, 0.25) is 0 Å². The third-order valence-corrected chi connectivity index (χ3v) is 4.62. The highest BCUT2D eigenvalue weighted by molar-refractivity contribution is 5.18. The lowest BCUT2D eigenvalue weighted by Crippen LogP contribution is -2.55. The molecule has 2 fully saturated rings. The van der Waals surface area contributed by atoms with Crippen LogP contribution in [0.4, 0.5) is 0 Å². The minimum absolute atomic E-state index is 0.105. The molecule has 0 aliphatic carbocycles. The van der Waals surface area contributed by atoms with Crippen molar-refractivity contribution in [2.75, 3.05) is 13.2 Å². The first-order valence-electron chi connectivity index (χ1n) is 8.72. The number of aliphatic hydroxyl groups is 2. The maximum absolute atomic E-state index is 10.4. The van der Waals surface area contributed by atoms with Gasteiger partial charge in [-0.1, -0.05) is 60.7 Å². The molecule has 0 spiro atoms. The Morgan fingerprint density at radius 2 is 1.00 bits per heavy atom. The maximum Gasteiger partial charge on any atom is 0.184 e. The molecule has 0 unspecified atom stereocenters. The predicted molar refractivity (Wildman–Crippen MR) is 92.0 cm³/mol. The van der Waals surface area contributed by atoms with E-state index in [9.17, 15) is 10.2 Å². The van der Waals surface area contributed by atoms with Gasteiger partial charge in [0, 0.05) is 11.1 Å². The minimum Gasteiger partial charge on any atom is -0.388 e. The molecule has 0 amide bonds. The number of hydrogen-bond donors (Lipinski definition) is 2. The average Bonchev–Trinajstić information content (AvgIpc) is 2.70. The largest absolute Gasteiger partial charge is 0.388 e. The van der Waals surface area contributed by atoms with Gasteiger partial charge < -0.3 is 29.2 Å². The summed E-state index contributed by atoms with van der Waals surface area (Å²) < 4.78 is 23.1. The fourth-order valence-electron chi connectivity index (χ4n) is 3.27. The van der Waals surface area contributed by atoms with E-state index in [0.29, 0.717) is 0 Å². The molecule has 0 saturated carbocycles. The molecular weight excluding hydrogens is 336 g/mol. The number of hydrogen-bond acceptors (Lipinski definition) is 6. The Kier molecular flexibility index (Phi) is 5.31. The van der Waals surface area contributed by atoms with Crippen LogP contribution in [0.25, 0.3) is 0 Å². The van der Waals surface area contributed by atoms with Crippen LogP contribution in [0.3, 0.4) is 0 Å². The van der Waals surface area contributed by atoms with Gasteiger partial charge in [0.05, 0.1) is 13.2 Å². The van der Waals surface area contributed by atoms with Crippen molar-refractivity contribution in [1.82, 2.24) is 0 Å². The third-order valence-electron chi connectivity index (χ3n) is 4.62. The zero-order valence-corrected chi connectivity index (χ0v) is 14.2. The van der Waals surface area contributed by atoms with Crippen LogP contribution in [-0.4, -0.2) is 47.8 Å². The van der Waals surface area contributed by atoms with Crippen molar-refractivity contribution in [2.24, 2.45) is 0 Å². The Balaban J connectivity index is 1.51. The molecule has 2 aliphatic heterocycles. The molecule has 26 heavy (non-hydrogen) atoms. The lowest BCUT2D eigenvalue weighted by Gasteiger charge is -2.43. The molecule has 2 aliphatic rings. The zero-order chi connectivity index (χ0) is 17.9. The van der Waals surface area contributed by atoms with E-state index in [1.165, 1.54) is 0 Å². The van der Waals surface area contributed by atoms with Crippen LogP contribution in [0, 0.1) is 0 Å². The Morgan fingerprint density at radius 3 is 1.38 bits per heavy atom. The highest BCUT2D eigenvalue weighted by atomic mass is 16.7. The molecular formula is C20H22O6. The third kappa shape index (κ3) is 3.66. The van der Waals surface area contributed by atoms with Crippen LogP contribution in [0.2, 0.25) is 0 Å². The lowest BCUT2D eigenvalue weighted by molar-refractivity contribution is -0.331. The van der Waals surface area contributed by atoms with Gasteiger partial charge in [0.1, 0.15) is 24.4 Å². The quantitative estimate of drug-likeness (QED) is 0.873. The summed E-state index contributed by atoms with van der Waals surface area (Å²) in [5.74, 6) is 0. The molecule has 0 radical (unpaired) electrons. The van der Waals surface area contributed by atoms with Gasteiger partial charge >= 0.3 is 0 Å². The summed E-state index contributed by atoms with van der Waals surface area (Å²) in [5, 5.41) is 20.8. The lowest BCUT2D eigenvalue weighted by atomic mass is 10.0. The summed E-state index contributed by atoms with van der Waals surface area (Å²) >= 11 is 0. The summed E-state index contributed by atoms with van der Waals surface area (Å²) in [6.45, 7) is 0.210. The van der Waals surface area contributed by atoms with Crippen molar-refractivity contribution in [2.45, 2.75) is 37.0 Å². The highest BCUT2D eigenvalue weighted by Gasteiger charge is 2.44. The predicted octanol–water partition coefficient (Wildman–Crippen LogP) is 1.94. The molecule has 6 nitrogen and oxygen atoms in total. The number of benzene rings is 2. The normalized spacial score (nSPS) is 35.2. The van der Waals surface area contributed by atoms with E-state index in [4.69, 9.17) is 18.9 Å². The summed E-state index contributed by atoms with van der Waals surface area (Å²) in [6.07, 6.45) is -4.47. The molecule has 2 aromatic carbocycles. The van der Waals surface area contributed by atoms with Crippen molar-refractivity contribution in [1.29, 1.82) is 0 Å². The molecule has 2 N–H and O–H groups in total. The van der Waals surface area contributed by atoms with Crippen molar-refractivity contribution in [3.05, 3.63) is 71.8 Å². The smallest absolute Gasteiger partial charge is 0.184 e. The van der Waals surface area contributed by atoms with E-state index in [-0.39, 0.29) is 13.2 Å². The van der Waals surface area contributed by atoms with Gasteiger partial charge in [-0.3, -0.25) is 0 Å². The zero-order valence-electron chi connectivity index (χ0n) is 14.2. The standard InChI is InChI=1S/C20H22O6/c21-15-11-23-19(13-7-3-1-4-8-13)25-17(15)18-16(22)12-24-20(26-18)14-9-5-2-6-10-14/h1-10,15-22H,11-12H2/t15-,16+,17+,18-,19-,20-/m0/s1. The SMILES string of the molecule is O[C@@H]1CO[C@H](c2ccccc2)O[C@@H]1[C@@H]1O[C@@H](c2ccccc2)OC[C@@H]1O. The van der Waals surface area contributed by atoms with E-state index >= 15 is 0 Å². The fourth-order valence-corrected chi connectivity index (χ4v) is 3.27. The van der Waals surface area contributed by atoms with Crippen LogP contribution < -0.4 is 0 Å². The molecule has 4 rings (SSSR count). The van der Waals surface area contributed by atoms with Crippen molar-refractivity contribution >= 4 is 0 Å². The highest BCUT2D eigenvalue weighted by Crippen LogP contribution is 2.34. The number of rotatable bonds is 3. The summed E-state index contributed by atoms with van der Waals surface area (Å²) in [7, 11) is 0. The number of ether oxygens (including phenoxy) is 4. The average molecular weight is 358 g/mol. The Morgan fingerprint density at radius 1 is 0.615 bits per heavy atom. The molecule has 2 aromatic rings. The van der Waals surface area contributed by atoms with Gasteiger partial charge in [-0.2, -0.15) is 0 Å². The van der Waals surface area contributed by atoms with E-state index in [0.717, 1.165) is 11.1 Å². The molecule has 138 valence electrons. The van der Waals surface area contributed by atoms with Crippen LogP contribution in [0.1, 0.15) is 23.7 Å². The topological polar surface area (TPSA) is 77.4 Å². The van der Waals surface area contributed by atoms with Gasteiger partial charge in [-0.25, -0.2) is 0 Å². The monoisotopic (exact) mass is 358 g/mol. The molecule has 0 bridgehead atoms. The molecule has 0 aromatic heterocycles. The second kappa shape index (κ2) is 7.84.